The molecule has 254 valence electrons. The maximum Gasteiger partial charge on any atom is 0.0440 e. The van der Waals surface area contributed by atoms with E-state index in [9.17, 15) is 0 Å². The molecule has 0 amide bonds. The van der Waals surface area contributed by atoms with Gasteiger partial charge >= 0.3 is 0 Å². The summed E-state index contributed by atoms with van der Waals surface area (Å²) >= 11 is 1.93. The zero-order valence-electron chi connectivity index (χ0n) is 29.9. The fraction of sp³-hybridized carbons (Fsp3) is 0. The molecule has 0 spiro atoms. The van der Waals surface area contributed by atoms with Crippen molar-refractivity contribution in [1.29, 1.82) is 0 Å². The van der Waals surface area contributed by atoms with Crippen LogP contribution in [0.3, 0.4) is 0 Å². The van der Waals surface area contributed by atoms with Crippen molar-refractivity contribution >= 4 is 96.1 Å². The van der Waals surface area contributed by atoms with Gasteiger partial charge in [0.2, 0.25) is 0 Å². The molecule has 0 atom stereocenters. The second-order valence-electron chi connectivity index (χ2n) is 14.7. The van der Waals surface area contributed by atoms with Gasteiger partial charge in [-0.15, -0.1) is 11.3 Å². The lowest BCUT2D eigenvalue weighted by molar-refractivity contribution is 1.66. The first-order chi connectivity index (χ1) is 27.3. The van der Waals surface area contributed by atoms with Crippen LogP contribution in [0.5, 0.6) is 0 Å². The van der Waals surface area contributed by atoms with Crippen LogP contribution in [0, 0.1) is 0 Å². The third kappa shape index (κ3) is 4.45. The average molecular weight is 713 g/mol. The van der Waals surface area contributed by atoms with Gasteiger partial charge in [0.25, 0.3) is 0 Å². The van der Waals surface area contributed by atoms with Gasteiger partial charge < -0.3 is 0 Å². The SMILES string of the molecule is c1ccc(-c2c3ccccc3c(-c3ccc(-c4ccc5c(c4)c4ccccc4c4c5sc5ccc6ccccc6c54)c4ccccc34)c3ccccc23)cc1. The normalized spacial score (nSPS) is 12.0. The summed E-state index contributed by atoms with van der Waals surface area (Å²) < 4.78 is 2.71. The molecule has 0 bridgehead atoms. The van der Waals surface area contributed by atoms with E-state index in [2.05, 4.69) is 194 Å². The summed E-state index contributed by atoms with van der Waals surface area (Å²) in [6, 6.07) is 72.1. The van der Waals surface area contributed by atoms with E-state index in [1.54, 1.807) is 0 Å². The first-order valence-electron chi connectivity index (χ1n) is 19.0. The molecular weight excluding hydrogens is 681 g/mol. The largest absolute Gasteiger partial charge is 0.134 e. The summed E-state index contributed by atoms with van der Waals surface area (Å²) in [5, 5.41) is 18.2. The van der Waals surface area contributed by atoms with Gasteiger partial charge in [-0.1, -0.05) is 182 Å². The molecule has 55 heavy (non-hydrogen) atoms. The van der Waals surface area contributed by atoms with Crippen LogP contribution in [0.2, 0.25) is 0 Å². The highest BCUT2D eigenvalue weighted by molar-refractivity contribution is 7.27. The number of benzene rings is 11. The van der Waals surface area contributed by atoms with Crippen LogP contribution in [0.1, 0.15) is 0 Å². The van der Waals surface area contributed by atoms with E-state index in [0.29, 0.717) is 0 Å². The van der Waals surface area contributed by atoms with Gasteiger partial charge in [-0.05, 0) is 105 Å². The van der Waals surface area contributed by atoms with Crippen molar-refractivity contribution in [3.05, 3.63) is 194 Å². The molecule has 11 aromatic carbocycles. The first kappa shape index (κ1) is 30.6. The van der Waals surface area contributed by atoms with Crippen molar-refractivity contribution in [3.63, 3.8) is 0 Å². The molecule has 0 fully saturated rings. The monoisotopic (exact) mass is 712 g/mol. The maximum atomic E-state index is 2.44. The molecule has 0 aliphatic heterocycles. The molecule has 12 rings (SSSR count). The Hall–Kier alpha value is -6.80. The van der Waals surface area contributed by atoms with Crippen molar-refractivity contribution in [2.75, 3.05) is 0 Å². The Morgan fingerprint density at radius 1 is 0.273 bits per heavy atom. The van der Waals surface area contributed by atoms with E-state index in [-0.39, 0.29) is 0 Å². The van der Waals surface area contributed by atoms with Gasteiger partial charge in [0.15, 0.2) is 0 Å². The van der Waals surface area contributed by atoms with Crippen LogP contribution < -0.4 is 0 Å². The second kappa shape index (κ2) is 11.9. The number of rotatable bonds is 3. The van der Waals surface area contributed by atoms with Crippen LogP contribution >= 0.6 is 11.3 Å². The van der Waals surface area contributed by atoms with Gasteiger partial charge in [-0.3, -0.25) is 0 Å². The molecule has 0 aliphatic carbocycles. The predicted octanol–water partition coefficient (Wildman–Crippen LogP) is 16.0. The summed E-state index contributed by atoms with van der Waals surface area (Å²) in [6.07, 6.45) is 0. The van der Waals surface area contributed by atoms with Gasteiger partial charge in [0.1, 0.15) is 0 Å². The Balaban J connectivity index is 1.12. The molecular formula is C54H32S. The highest BCUT2D eigenvalue weighted by atomic mass is 32.1. The molecule has 1 heteroatoms. The fourth-order valence-corrected chi connectivity index (χ4v) is 10.8. The van der Waals surface area contributed by atoms with Crippen LogP contribution in [0.25, 0.3) is 118 Å². The Labute approximate surface area is 322 Å². The van der Waals surface area contributed by atoms with E-state index in [4.69, 9.17) is 0 Å². The predicted molar refractivity (Wildman–Crippen MR) is 241 cm³/mol. The van der Waals surface area contributed by atoms with Crippen LogP contribution in [-0.4, -0.2) is 0 Å². The standard InChI is InChI=1S/C54H32S/c1-2-15-34(16-3-1)50-42-22-10-12-24-44(42)51(45-25-13-11-23-43(45)50)46-30-29-36(38-18-6-7-19-39(38)46)35-26-28-47-48(32-35)40-20-8-9-21-41(40)53-52-37-17-5-4-14-33(37)27-31-49(52)55-54(47)53/h1-32H. The van der Waals surface area contributed by atoms with Gasteiger partial charge in [-0.2, -0.15) is 0 Å². The number of hydrogen-bond donors (Lipinski definition) is 0. The molecule has 0 saturated carbocycles. The van der Waals surface area contributed by atoms with E-state index < -0.39 is 0 Å². The zero-order chi connectivity index (χ0) is 36.0. The first-order valence-corrected chi connectivity index (χ1v) is 19.8. The summed E-state index contributed by atoms with van der Waals surface area (Å²) in [5.74, 6) is 0. The van der Waals surface area contributed by atoms with E-state index >= 15 is 0 Å². The molecule has 0 unspecified atom stereocenters. The Morgan fingerprint density at radius 3 is 1.53 bits per heavy atom. The summed E-state index contributed by atoms with van der Waals surface area (Å²) in [6.45, 7) is 0. The number of fused-ring (bicyclic) bond motifs is 13. The quantitative estimate of drug-likeness (QED) is 0.126. The minimum Gasteiger partial charge on any atom is -0.134 e. The van der Waals surface area contributed by atoms with Crippen LogP contribution in [0.15, 0.2) is 194 Å². The minimum absolute atomic E-state index is 1.24. The topological polar surface area (TPSA) is 0 Å². The summed E-state index contributed by atoms with van der Waals surface area (Å²) in [5.41, 5.74) is 7.57. The third-order valence-corrected chi connectivity index (χ3v) is 13.0. The fourth-order valence-electron chi connectivity index (χ4n) is 9.49. The Bertz CT molecular complexity index is 3480. The van der Waals surface area contributed by atoms with Crippen LogP contribution in [0.4, 0.5) is 0 Å². The highest BCUT2D eigenvalue weighted by Crippen LogP contribution is 2.49. The van der Waals surface area contributed by atoms with E-state index in [0.717, 1.165) is 0 Å². The van der Waals surface area contributed by atoms with E-state index in [1.807, 2.05) is 11.3 Å². The molecule has 12 aromatic rings. The smallest absolute Gasteiger partial charge is 0.0440 e. The maximum absolute atomic E-state index is 2.44. The molecule has 1 heterocycles. The summed E-state index contributed by atoms with van der Waals surface area (Å²) in [7, 11) is 0. The molecule has 0 nitrogen and oxygen atoms in total. The van der Waals surface area contributed by atoms with Gasteiger partial charge in [-0.25, -0.2) is 0 Å². The van der Waals surface area contributed by atoms with Crippen molar-refractivity contribution < 1.29 is 0 Å². The van der Waals surface area contributed by atoms with Gasteiger partial charge in [0, 0.05) is 25.6 Å². The number of thiophene rings is 1. The highest BCUT2D eigenvalue weighted by Gasteiger charge is 2.20. The molecule has 0 aliphatic rings. The molecule has 0 saturated heterocycles. The zero-order valence-corrected chi connectivity index (χ0v) is 30.7. The van der Waals surface area contributed by atoms with Crippen molar-refractivity contribution in [1.82, 2.24) is 0 Å². The Kier molecular flexibility index (Phi) is 6.60. The van der Waals surface area contributed by atoms with Crippen molar-refractivity contribution in [3.8, 4) is 33.4 Å². The van der Waals surface area contributed by atoms with E-state index in [1.165, 1.54) is 118 Å². The van der Waals surface area contributed by atoms with Crippen LogP contribution in [-0.2, 0) is 0 Å². The second-order valence-corrected chi connectivity index (χ2v) is 15.7. The average Bonchev–Trinajstić information content (AvgIpc) is 3.66. The lowest BCUT2D eigenvalue weighted by Gasteiger charge is -2.19. The minimum atomic E-state index is 1.24. The Morgan fingerprint density at radius 2 is 0.818 bits per heavy atom. The molecule has 1 aromatic heterocycles. The molecule has 0 radical (unpaired) electrons. The van der Waals surface area contributed by atoms with Gasteiger partial charge in [0.05, 0.1) is 0 Å². The van der Waals surface area contributed by atoms with Crippen molar-refractivity contribution in [2.24, 2.45) is 0 Å². The molecule has 0 N–H and O–H groups in total. The third-order valence-electron chi connectivity index (χ3n) is 11.8. The lowest BCUT2D eigenvalue weighted by Crippen LogP contribution is -1.92. The number of hydrogen-bond acceptors (Lipinski definition) is 1. The summed E-state index contributed by atoms with van der Waals surface area (Å²) in [4.78, 5) is 0. The van der Waals surface area contributed by atoms with Crippen molar-refractivity contribution in [2.45, 2.75) is 0 Å². The lowest BCUT2D eigenvalue weighted by atomic mass is 9.83.